The van der Waals surface area contributed by atoms with Gasteiger partial charge in [0.2, 0.25) is 0 Å². The van der Waals surface area contributed by atoms with Crippen molar-refractivity contribution in [3.63, 3.8) is 0 Å². The second-order valence-corrected chi connectivity index (χ2v) is 6.79. The number of hydrogen-bond donors (Lipinski definition) is 0. The molecule has 138 valence electrons. The Labute approximate surface area is 170 Å². The van der Waals surface area contributed by atoms with Gasteiger partial charge in [0, 0.05) is 21.1 Å². The van der Waals surface area contributed by atoms with Gasteiger partial charge in [0.15, 0.2) is 0 Å². The van der Waals surface area contributed by atoms with Crippen LogP contribution in [0.25, 0.3) is 0 Å². The molecule has 0 heterocycles. The topological polar surface area (TPSA) is 27.7 Å². The Bertz CT molecular complexity index is 741. The molecule has 3 rings (SSSR count). The van der Waals surface area contributed by atoms with E-state index in [0.717, 1.165) is 33.9 Å². The second kappa shape index (κ2) is 9.76. The number of hydrogen-bond acceptors (Lipinski definition) is 3. The number of rotatable bonds is 6. The molecule has 0 spiro atoms. The zero-order valence-corrected chi connectivity index (χ0v) is 18.1. The molecule has 0 saturated carbocycles. The fraction of sp³-hybridized carbons (Fsp3) is 0.143. The van der Waals surface area contributed by atoms with Gasteiger partial charge in [-0.1, -0.05) is 54.6 Å². The molecule has 0 bridgehead atoms. The number of para-hydroxylation sites is 3. The van der Waals surface area contributed by atoms with Crippen molar-refractivity contribution >= 4 is 8.60 Å². The predicted octanol–water partition coefficient (Wildman–Crippen LogP) is 6.37. The van der Waals surface area contributed by atoms with Gasteiger partial charge in [0.25, 0.3) is 0 Å². The summed E-state index contributed by atoms with van der Waals surface area (Å²) in [6.07, 6.45) is 0. The Hall–Kier alpha value is -1.82. The minimum Gasteiger partial charge on any atom is -0.408 e. The van der Waals surface area contributed by atoms with E-state index in [1.54, 1.807) is 0 Å². The van der Waals surface area contributed by atoms with Gasteiger partial charge < -0.3 is 13.6 Å². The van der Waals surface area contributed by atoms with Crippen molar-refractivity contribution in [1.29, 1.82) is 0 Å². The summed E-state index contributed by atoms with van der Waals surface area (Å²) in [5, 5.41) is 0. The predicted molar refractivity (Wildman–Crippen MR) is 102 cm³/mol. The standard InChI is InChI=1S/C21H21O3P.Pt/c1-16-10-4-7-13-19(16)22-25(23-20-14-8-5-11-17(20)2)24-21-15-9-6-12-18(21)3;/h4-15H,1-3H3;. The quantitative estimate of drug-likeness (QED) is 0.336. The van der Waals surface area contributed by atoms with Crippen LogP contribution in [0.15, 0.2) is 72.8 Å². The van der Waals surface area contributed by atoms with Gasteiger partial charge in [-0.3, -0.25) is 0 Å². The Balaban J connectivity index is 0.00000243. The van der Waals surface area contributed by atoms with E-state index in [0.29, 0.717) is 0 Å². The first kappa shape index (κ1) is 20.5. The van der Waals surface area contributed by atoms with Crippen LogP contribution in [0.5, 0.6) is 17.2 Å². The molecule has 0 aromatic heterocycles. The third-order valence-electron chi connectivity index (χ3n) is 3.80. The van der Waals surface area contributed by atoms with Crippen molar-refractivity contribution in [2.24, 2.45) is 0 Å². The van der Waals surface area contributed by atoms with Gasteiger partial charge in [-0.15, -0.1) is 0 Å². The molecular weight excluding hydrogens is 526 g/mol. The fourth-order valence-corrected chi connectivity index (χ4v) is 3.48. The molecule has 3 aromatic carbocycles. The van der Waals surface area contributed by atoms with Crippen molar-refractivity contribution in [1.82, 2.24) is 0 Å². The molecule has 3 nitrogen and oxygen atoms in total. The van der Waals surface area contributed by atoms with Crippen LogP contribution in [0, 0.1) is 20.8 Å². The van der Waals surface area contributed by atoms with Crippen molar-refractivity contribution in [2.45, 2.75) is 20.8 Å². The molecule has 0 unspecified atom stereocenters. The maximum Gasteiger partial charge on any atom is 0.530 e. The van der Waals surface area contributed by atoms with Crippen LogP contribution in [0.1, 0.15) is 16.7 Å². The molecule has 3 aromatic rings. The van der Waals surface area contributed by atoms with Gasteiger partial charge in [-0.05, 0) is 55.7 Å². The van der Waals surface area contributed by atoms with Gasteiger partial charge >= 0.3 is 8.60 Å². The summed E-state index contributed by atoms with van der Waals surface area (Å²) < 4.78 is 18.3. The van der Waals surface area contributed by atoms with E-state index in [2.05, 4.69) is 0 Å². The van der Waals surface area contributed by atoms with Gasteiger partial charge in [0.05, 0.1) is 0 Å². The van der Waals surface area contributed by atoms with Crippen LogP contribution in [-0.4, -0.2) is 0 Å². The molecule has 0 aliphatic rings. The van der Waals surface area contributed by atoms with Crippen LogP contribution in [0.3, 0.4) is 0 Å². The first-order valence-corrected chi connectivity index (χ1v) is 9.24. The van der Waals surface area contributed by atoms with E-state index < -0.39 is 8.60 Å². The van der Waals surface area contributed by atoms with Crippen molar-refractivity contribution < 1.29 is 34.6 Å². The Kier molecular flexibility index (Phi) is 7.69. The van der Waals surface area contributed by atoms with Crippen LogP contribution in [-0.2, 0) is 21.1 Å². The minimum absolute atomic E-state index is 0. The van der Waals surface area contributed by atoms with E-state index in [-0.39, 0.29) is 21.1 Å². The maximum absolute atomic E-state index is 6.08. The minimum atomic E-state index is -1.64. The molecule has 5 heteroatoms. The molecule has 0 saturated heterocycles. The number of aryl methyl sites for hydroxylation is 3. The number of benzene rings is 3. The molecule has 0 amide bonds. The monoisotopic (exact) mass is 547 g/mol. The van der Waals surface area contributed by atoms with E-state index in [9.17, 15) is 0 Å². The third kappa shape index (κ3) is 5.34. The average molecular weight is 547 g/mol. The molecule has 0 N–H and O–H groups in total. The molecule has 0 aliphatic carbocycles. The average Bonchev–Trinajstić information content (AvgIpc) is 2.61. The van der Waals surface area contributed by atoms with Crippen LogP contribution in [0.4, 0.5) is 0 Å². The van der Waals surface area contributed by atoms with Crippen LogP contribution in [0.2, 0.25) is 0 Å². The zero-order valence-electron chi connectivity index (χ0n) is 14.9. The fourth-order valence-electron chi connectivity index (χ4n) is 2.27. The Morgan fingerprint density at radius 2 is 0.769 bits per heavy atom. The van der Waals surface area contributed by atoms with Gasteiger partial charge in [0.1, 0.15) is 17.2 Å². The molecule has 0 atom stereocenters. The van der Waals surface area contributed by atoms with E-state index in [1.165, 1.54) is 0 Å². The normalized spacial score (nSPS) is 10.2. The molecule has 0 radical (unpaired) electrons. The smallest absolute Gasteiger partial charge is 0.408 e. The molecular formula is C21H21O3PPt. The summed E-state index contributed by atoms with van der Waals surface area (Å²) in [5.41, 5.74) is 3.12. The van der Waals surface area contributed by atoms with Crippen molar-refractivity contribution in [3.8, 4) is 17.2 Å². The Morgan fingerprint density at radius 1 is 0.500 bits per heavy atom. The van der Waals surface area contributed by atoms with Crippen LogP contribution >= 0.6 is 8.60 Å². The largest absolute Gasteiger partial charge is 0.530 e. The Morgan fingerprint density at radius 3 is 1.04 bits per heavy atom. The van der Waals surface area contributed by atoms with E-state index in [1.807, 2.05) is 93.6 Å². The summed E-state index contributed by atoms with van der Waals surface area (Å²) in [6, 6.07) is 23.6. The summed E-state index contributed by atoms with van der Waals surface area (Å²) in [5.74, 6) is 2.28. The second-order valence-electron chi connectivity index (χ2n) is 5.79. The maximum atomic E-state index is 6.08. The SMILES string of the molecule is Cc1ccccc1OP(Oc1ccccc1C)Oc1ccccc1C.[Pt]. The van der Waals surface area contributed by atoms with Crippen LogP contribution < -0.4 is 13.6 Å². The summed E-state index contributed by atoms with van der Waals surface area (Å²) in [7, 11) is -1.64. The summed E-state index contributed by atoms with van der Waals surface area (Å²) >= 11 is 0. The molecule has 0 fully saturated rings. The first-order chi connectivity index (χ1) is 12.1. The van der Waals surface area contributed by atoms with Gasteiger partial charge in [-0.25, -0.2) is 0 Å². The van der Waals surface area contributed by atoms with E-state index >= 15 is 0 Å². The molecule has 0 aliphatic heterocycles. The summed E-state index contributed by atoms with van der Waals surface area (Å²) in [4.78, 5) is 0. The molecule has 26 heavy (non-hydrogen) atoms. The third-order valence-corrected chi connectivity index (χ3v) is 4.84. The van der Waals surface area contributed by atoms with E-state index in [4.69, 9.17) is 13.6 Å². The van der Waals surface area contributed by atoms with Gasteiger partial charge in [-0.2, -0.15) is 0 Å². The summed E-state index contributed by atoms with van der Waals surface area (Å²) in [6.45, 7) is 6.01. The van der Waals surface area contributed by atoms with Crippen molar-refractivity contribution in [3.05, 3.63) is 89.5 Å². The van der Waals surface area contributed by atoms with Crippen molar-refractivity contribution in [2.75, 3.05) is 0 Å². The zero-order chi connectivity index (χ0) is 17.6. The first-order valence-electron chi connectivity index (χ1n) is 8.14.